The Hall–Kier alpha value is -1.34. The first-order chi connectivity index (χ1) is 12.0. The minimum Gasteiger partial charge on any atom is -0.376 e. The second kappa shape index (κ2) is 9.97. The highest BCUT2D eigenvalue weighted by Crippen LogP contribution is 2.11. The highest BCUT2D eigenvalue weighted by atomic mass is 16.5. The zero-order valence-corrected chi connectivity index (χ0v) is 16.3. The van der Waals surface area contributed by atoms with Crippen LogP contribution in [0.1, 0.15) is 26.7 Å². The number of nitrogens with zero attached hydrogens (tertiary/aromatic N) is 4. The van der Waals surface area contributed by atoms with Crippen LogP contribution in [0.4, 0.5) is 0 Å². The molecule has 0 spiro atoms. The van der Waals surface area contributed by atoms with Crippen molar-refractivity contribution in [3.05, 3.63) is 0 Å². The van der Waals surface area contributed by atoms with E-state index in [4.69, 9.17) is 4.74 Å². The molecule has 1 N–H and O–H groups in total. The van der Waals surface area contributed by atoms with E-state index >= 15 is 0 Å². The maximum absolute atomic E-state index is 11.9. The molecule has 1 atom stereocenters. The highest BCUT2D eigenvalue weighted by Gasteiger charge is 2.22. The largest absolute Gasteiger partial charge is 0.376 e. The lowest BCUT2D eigenvalue weighted by atomic mass is 10.2. The van der Waals surface area contributed by atoms with Crippen LogP contribution in [0.2, 0.25) is 0 Å². The van der Waals surface area contributed by atoms with Gasteiger partial charge in [-0.1, -0.05) is 13.8 Å². The van der Waals surface area contributed by atoms with Crippen LogP contribution in [-0.4, -0.2) is 99.2 Å². The fraction of sp³-hybridized carbons (Fsp3) is 0.889. The molecule has 0 radical (unpaired) electrons. The number of guanidine groups is 1. The van der Waals surface area contributed by atoms with Gasteiger partial charge in [-0.2, -0.15) is 0 Å². The number of likely N-dealkylation sites (N-methyl/N-ethyl adjacent to an activating group) is 1. The molecule has 2 aliphatic rings. The molecule has 7 heteroatoms. The van der Waals surface area contributed by atoms with Gasteiger partial charge in [-0.25, -0.2) is 4.99 Å². The summed E-state index contributed by atoms with van der Waals surface area (Å²) in [7, 11) is 3.53. The molecule has 2 heterocycles. The van der Waals surface area contributed by atoms with E-state index in [-0.39, 0.29) is 18.6 Å². The predicted octanol–water partition coefficient (Wildman–Crippen LogP) is 0.473. The van der Waals surface area contributed by atoms with Gasteiger partial charge in [0.25, 0.3) is 0 Å². The summed E-state index contributed by atoms with van der Waals surface area (Å²) in [5, 5.41) is 3.44. The third kappa shape index (κ3) is 6.82. The number of hydrogen-bond acceptors (Lipinski definition) is 4. The molecular formula is C18H35N5O2. The van der Waals surface area contributed by atoms with E-state index in [1.807, 2.05) is 0 Å². The number of aliphatic imine (C=N–C) groups is 1. The van der Waals surface area contributed by atoms with Crippen molar-refractivity contribution < 1.29 is 9.53 Å². The van der Waals surface area contributed by atoms with E-state index in [0.29, 0.717) is 5.92 Å². The van der Waals surface area contributed by atoms with Crippen LogP contribution >= 0.6 is 0 Å². The second-order valence-corrected chi connectivity index (χ2v) is 7.63. The molecule has 25 heavy (non-hydrogen) atoms. The van der Waals surface area contributed by atoms with Gasteiger partial charge in [-0.15, -0.1) is 0 Å². The number of ether oxygens (including phenoxy) is 1. The zero-order chi connectivity index (χ0) is 18.2. The van der Waals surface area contributed by atoms with Gasteiger partial charge in [0.2, 0.25) is 5.91 Å². The lowest BCUT2D eigenvalue weighted by Gasteiger charge is -2.37. The molecule has 0 bridgehead atoms. The van der Waals surface area contributed by atoms with Crippen LogP contribution in [0, 0.1) is 5.92 Å². The number of nitrogens with one attached hydrogen (secondary N) is 1. The Balaban J connectivity index is 1.91. The van der Waals surface area contributed by atoms with Crippen molar-refractivity contribution in [1.29, 1.82) is 0 Å². The van der Waals surface area contributed by atoms with Crippen LogP contribution in [-0.2, 0) is 9.53 Å². The lowest BCUT2D eigenvalue weighted by molar-refractivity contribution is -0.127. The molecule has 1 amide bonds. The second-order valence-electron chi connectivity index (χ2n) is 7.63. The number of carbonyl (C=O) groups is 1. The normalized spacial score (nSPS) is 22.5. The lowest BCUT2D eigenvalue weighted by Crippen LogP contribution is -2.54. The van der Waals surface area contributed by atoms with Gasteiger partial charge in [0.05, 0.1) is 6.10 Å². The van der Waals surface area contributed by atoms with Gasteiger partial charge < -0.3 is 19.9 Å². The molecular weight excluding hydrogens is 318 g/mol. The molecule has 1 unspecified atom stereocenters. The fourth-order valence-corrected chi connectivity index (χ4v) is 3.22. The first-order valence-corrected chi connectivity index (χ1v) is 9.53. The van der Waals surface area contributed by atoms with Crippen molar-refractivity contribution in [3.63, 3.8) is 0 Å². The standard InChI is InChI=1S/C18H35N5O2/c1-15(2)14-22-7-9-23(10-8-22)18(20-13-17(24)21(3)4)19-12-16-6-5-11-25-16/h15-16H,5-14H2,1-4H3,(H,19,20). The Morgan fingerprint density at radius 2 is 2.00 bits per heavy atom. The van der Waals surface area contributed by atoms with Crippen LogP contribution < -0.4 is 5.32 Å². The average Bonchev–Trinajstić information content (AvgIpc) is 3.08. The zero-order valence-electron chi connectivity index (χ0n) is 16.3. The number of piperazine rings is 1. The maximum Gasteiger partial charge on any atom is 0.243 e. The van der Waals surface area contributed by atoms with Crippen molar-refractivity contribution in [2.75, 3.05) is 66.5 Å². The van der Waals surface area contributed by atoms with Gasteiger partial charge in [0.15, 0.2) is 5.96 Å². The number of rotatable bonds is 6. The summed E-state index contributed by atoms with van der Waals surface area (Å²) in [6.45, 7) is 11.4. The third-order valence-corrected chi connectivity index (χ3v) is 4.67. The fourth-order valence-electron chi connectivity index (χ4n) is 3.22. The molecule has 0 aromatic rings. The molecule has 2 aliphatic heterocycles. The molecule has 0 saturated carbocycles. The Bertz CT molecular complexity index is 439. The monoisotopic (exact) mass is 353 g/mol. The average molecular weight is 354 g/mol. The van der Waals surface area contributed by atoms with E-state index in [1.165, 1.54) is 0 Å². The quantitative estimate of drug-likeness (QED) is 0.556. The summed E-state index contributed by atoms with van der Waals surface area (Å²) in [6.07, 6.45) is 2.49. The molecule has 7 nitrogen and oxygen atoms in total. The summed E-state index contributed by atoms with van der Waals surface area (Å²) in [4.78, 5) is 22.8. The van der Waals surface area contributed by atoms with Gasteiger partial charge in [-0.3, -0.25) is 9.69 Å². The van der Waals surface area contributed by atoms with E-state index in [9.17, 15) is 4.79 Å². The molecule has 0 aromatic heterocycles. The summed E-state index contributed by atoms with van der Waals surface area (Å²) in [5.74, 6) is 1.56. The van der Waals surface area contributed by atoms with Gasteiger partial charge in [0, 0.05) is 60.0 Å². The number of amides is 1. The number of hydrogen-bond donors (Lipinski definition) is 1. The van der Waals surface area contributed by atoms with Crippen LogP contribution in [0.3, 0.4) is 0 Å². The van der Waals surface area contributed by atoms with Gasteiger partial charge in [-0.05, 0) is 18.8 Å². The summed E-state index contributed by atoms with van der Waals surface area (Å²) in [6, 6.07) is 0. The predicted molar refractivity (Wildman–Crippen MR) is 101 cm³/mol. The van der Waals surface area contributed by atoms with Crippen molar-refractivity contribution in [2.24, 2.45) is 10.9 Å². The van der Waals surface area contributed by atoms with Gasteiger partial charge in [0.1, 0.15) is 6.54 Å². The SMILES string of the molecule is CC(C)CN1CCN(C(=NCC(=O)N(C)C)NCC2CCCO2)CC1. The topological polar surface area (TPSA) is 60.4 Å². The number of carbonyl (C=O) groups excluding carboxylic acids is 1. The highest BCUT2D eigenvalue weighted by molar-refractivity contribution is 5.85. The molecule has 2 fully saturated rings. The Morgan fingerprint density at radius 1 is 1.28 bits per heavy atom. The first kappa shape index (κ1) is 20.0. The molecule has 0 aromatic carbocycles. The van der Waals surface area contributed by atoms with Gasteiger partial charge >= 0.3 is 0 Å². The minimum absolute atomic E-state index is 0.0230. The van der Waals surface area contributed by atoms with Crippen LogP contribution in [0.25, 0.3) is 0 Å². The summed E-state index contributed by atoms with van der Waals surface area (Å²) >= 11 is 0. The van der Waals surface area contributed by atoms with E-state index < -0.39 is 0 Å². The Kier molecular flexibility index (Phi) is 7.96. The van der Waals surface area contributed by atoms with E-state index in [0.717, 1.165) is 64.7 Å². The van der Waals surface area contributed by atoms with E-state index in [2.05, 4.69) is 34.0 Å². The third-order valence-electron chi connectivity index (χ3n) is 4.67. The maximum atomic E-state index is 11.9. The van der Waals surface area contributed by atoms with Crippen LogP contribution in [0.15, 0.2) is 4.99 Å². The Morgan fingerprint density at radius 3 is 2.56 bits per heavy atom. The first-order valence-electron chi connectivity index (χ1n) is 9.53. The van der Waals surface area contributed by atoms with Crippen molar-refractivity contribution >= 4 is 11.9 Å². The molecule has 2 saturated heterocycles. The molecule has 144 valence electrons. The van der Waals surface area contributed by atoms with Crippen LogP contribution in [0.5, 0.6) is 0 Å². The Labute approximate surface area is 152 Å². The van der Waals surface area contributed by atoms with Crippen molar-refractivity contribution in [1.82, 2.24) is 20.0 Å². The minimum atomic E-state index is 0.0230. The van der Waals surface area contributed by atoms with Crippen molar-refractivity contribution in [3.8, 4) is 0 Å². The summed E-state index contributed by atoms with van der Waals surface area (Å²) in [5.41, 5.74) is 0. The summed E-state index contributed by atoms with van der Waals surface area (Å²) < 4.78 is 5.70. The van der Waals surface area contributed by atoms with Crippen molar-refractivity contribution in [2.45, 2.75) is 32.8 Å². The van der Waals surface area contributed by atoms with E-state index in [1.54, 1.807) is 19.0 Å². The molecule has 0 aliphatic carbocycles. The smallest absolute Gasteiger partial charge is 0.243 e. The molecule has 2 rings (SSSR count).